The van der Waals surface area contributed by atoms with Gasteiger partial charge in [0.15, 0.2) is 5.96 Å². The molecule has 0 aliphatic carbocycles. The first-order valence-electron chi connectivity index (χ1n) is 10.3. The molecule has 29 heavy (non-hydrogen) atoms. The van der Waals surface area contributed by atoms with E-state index in [4.69, 9.17) is 9.73 Å². The summed E-state index contributed by atoms with van der Waals surface area (Å²) in [5, 5.41) is 9.79. The van der Waals surface area contributed by atoms with E-state index < -0.39 is 0 Å². The summed E-state index contributed by atoms with van der Waals surface area (Å²) in [6.45, 7) is 4.85. The Morgan fingerprint density at radius 2 is 2.10 bits per heavy atom. The van der Waals surface area contributed by atoms with Gasteiger partial charge in [0.25, 0.3) is 5.91 Å². The Morgan fingerprint density at radius 3 is 2.76 bits per heavy atom. The molecule has 2 heterocycles. The van der Waals surface area contributed by atoms with Crippen LogP contribution in [0.1, 0.15) is 42.1 Å². The Kier molecular flexibility index (Phi) is 9.64. The number of hydrogen-bond donors (Lipinski definition) is 3. The highest BCUT2D eigenvalue weighted by Gasteiger charge is 2.41. The van der Waals surface area contributed by atoms with Crippen LogP contribution in [0.3, 0.4) is 0 Å². The number of guanidine groups is 1. The second-order valence-corrected chi connectivity index (χ2v) is 7.82. The number of carbonyl (C=O) groups excluding carboxylic acids is 1. The number of rotatable bonds is 8. The molecule has 7 nitrogen and oxygen atoms in total. The van der Waals surface area contributed by atoms with Crippen LogP contribution >= 0.6 is 24.0 Å². The fraction of sp³-hybridized carbons (Fsp3) is 0.619. The number of amides is 1. The summed E-state index contributed by atoms with van der Waals surface area (Å²) in [5.74, 6) is 0.765. The van der Waals surface area contributed by atoms with E-state index in [-0.39, 0.29) is 29.9 Å². The number of ether oxygens (including phenoxy) is 1. The quantitative estimate of drug-likeness (QED) is 0.281. The second kappa shape index (κ2) is 11.7. The highest BCUT2D eigenvalue weighted by Crippen LogP contribution is 2.34. The summed E-state index contributed by atoms with van der Waals surface area (Å²) in [7, 11) is 3.98. The molecule has 3 unspecified atom stereocenters. The Balaban J connectivity index is 0.00000300. The van der Waals surface area contributed by atoms with Crippen molar-refractivity contribution in [1.29, 1.82) is 0 Å². The van der Waals surface area contributed by atoms with Crippen LogP contribution in [0.5, 0.6) is 0 Å². The van der Waals surface area contributed by atoms with Gasteiger partial charge in [0.1, 0.15) is 0 Å². The SMILES string of the molecule is CCNC(=NCc1cccc(C(=O)NCCN(C)C)c1)NC1CC2CCC1O2.I. The minimum absolute atomic E-state index is 0. The van der Waals surface area contributed by atoms with Crippen molar-refractivity contribution < 1.29 is 9.53 Å². The fourth-order valence-electron chi connectivity index (χ4n) is 3.76. The first-order chi connectivity index (χ1) is 13.5. The molecule has 162 valence electrons. The van der Waals surface area contributed by atoms with Gasteiger partial charge in [-0.1, -0.05) is 12.1 Å². The first kappa shape index (κ1) is 23.9. The topological polar surface area (TPSA) is 78.0 Å². The third-order valence-electron chi connectivity index (χ3n) is 5.23. The van der Waals surface area contributed by atoms with Gasteiger partial charge < -0.3 is 25.6 Å². The van der Waals surface area contributed by atoms with Gasteiger partial charge >= 0.3 is 0 Å². The molecule has 2 bridgehead atoms. The summed E-state index contributed by atoms with van der Waals surface area (Å²) in [4.78, 5) is 19.1. The molecule has 0 spiro atoms. The molecule has 3 N–H and O–H groups in total. The zero-order chi connectivity index (χ0) is 19.9. The molecule has 2 saturated heterocycles. The van der Waals surface area contributed by atoms with Gasteiger partial charge in [-0.2, -0.15) is 0 Å². The molecule has 2 aliphatic heterocycles. The molecule has 2 fully saturated rings. The molecule has 1 amide bonds. The van der Waals surface area contributed by atoms with Crippen molar-refractivity contribution in [2.24, 2.45) is 4.99 Å². The van der Waals surface area contributed by atoms with E-state index in [1.807, 2.05) is 43.3 Å². The monoisotopic (exact) mass is 515 g/mol. The average Bonchev–Trinajstić information content (AvgIpc) is 3.29. The van der Waals surface area contributed by atoms with Gasteiger partial charge in [0.2, 0.25) is 0 Å². The molecule has 3 rings (SSSR count). The number of aliphatic imine (C=N–C) groups is 1. The lowest BCUT2D eigenvalue weighted by atomic mass is 9.96. The number of likely N-dealkylation sites (N-methyl/N-ethyl adjacent to an activating group) is 1. The van der Waals surface area contributed by atoms with Gasteiger partial charge in [-0.15, -0.1) is 24.0 Å². The van der Waals surface area contributed by atoms with Gasteiger partial charge in [0, 0.05) is 25.2 Å². The Bertz CT molecular complexity index is 697. The summed E-state index contributed by atoms with van der Waals surface area (Å²) < 4.78 is 5.92. The minimum atomic E-state index is -0.0446. The van der Waals surface area contributed by atoms with Crippen LogP contribution in [0, 0.1) is 0 Å². The molecule has 0 saturated carbocycles. The third kappa shape index (κ3) is 7.11. The number of fused-ring (bicyclic) bond motifs is 2. The predicted molar refractivity (Wildman–Crippen MR) is 127 cm³/mol. The number of nitrogens with zero attached hydrogens (tertiary/aromatic N) is 2. The van der Waals surface area contributed by atoms with Crippen molar-refractivity contribution in [2.75, 3.05) is 33.7 Å². The molecule has 8 heteroatoms. The smallest absolute Gasteiger partial charge is 0.251 e. The molecule has 0 aromatic heterocycles. The standard InChI is InChI=1S/C21H33N5O2.HI/c1-4-22-21(25-18-13-17-8-9-19(18)28-17)24-14-15-6-5-7-16(12-15)20(27)23-10-11-26(2)3;/h5-7,12,17-19H,4,8-11,13-14H2,1-3H3,(H,23,27)(H2,22,24,25);1H. The summed E-state index contributed by atoms with van der Waals surface area (Å²) in [6.07, 6.45) is 4.08. The highest BCUT2D eigenvalue weighted by molar-refractivity contribution is 14.0. The molecular weight excluding hydrogens is 481 g/mol. The van der Waals surface area contributed by atoms with E-state index in [0.717, 1.165) is 37.5 Å². The number of halogens is 1. The molecule has 1 aromatic rings. The maximum atomic E-state index is 12.3. The number of carbonyl (C=O) groups is 1. The fourth-order valence-corrected chi connectivity index (χ4v) is 3.76. The number of benzene rings is 1. The van der Waals surface area contributed by atoms with Crippen molar-refractivity contribution in [3.63, 3.8) is 0 Å². The van der Waals surface area contributed by atoms with Gasteiger partial charge in [-0.3, -0.25) is 4.79 Å². The van der Waals surface area contributed by atoms with Crippen molar-refractivity contribution in [2.45, 2.75) is 51.0 Å². The van der Waals surface area contributed by atoms with Crippen LogP contribution in [0.15, 0.2) is 29.3 Å². The Morgan fingerprint density at radius 1 is 1.28 bits per heavy atom. The van der Waals surface area contributed by atoms with Crippen LogP contribution in [0.2, 0.25) is 0 Å². The molecule has 1 aromatic carbocycles. The van der Waals surface area contributed by atoms with E-state index in [1.165, 1.54) is 6.42 Å². The maximum Gasteiger partial charge on any atom is 0.251 e. The zero-order valence-corrected chi connectivity index (χ0v) is 19.9. The van der Waals surface area contributed by atoms with E-state index >= 15 is 0 Å². The van der Waals surface area contributed by atoms with Gasteiger partial charge in [-0.05, 0) is 58.0 Å². The van der Waals surface area contributed by atoms with E-state index in [2.05, 4.69) is 22.9 Å². The van der Waals surface area contributed by atoms with E-state index in [0.29, 0.717) is 36.9 Å². The van der Waals surface area contributed by atoms with Crippen molar-refractivity contribution in [3.05, 3.63) is 35.4 Å². The van der Waals surface area contributed by atoms with E-state index in [1.54, 1.807) is 0 Å². The lowest BCUT2D eigenvalue weighted by Gasteiger charge is -2.22. The number of nitrogens with one attached hydrogen (secondary N) is 3. The lowest BCUT2D eigenvalue weighted by molar-refractivity contribution is 0.0950. The second-order valence-electron chi connectivity index (χ2n) is 7.82. The normalized spacial score (nSPS) is 23.0. The summed E-state index contributed by atoms with van der Waals surface area (Å²) in [6, 6.07) is 8.01. The van der Waals surface area contributed by atoms with Gasteiger partial charge in [-0.25, -0.2) is 4.99 Å². The molecular formula is C21H34IN5O2. The van der Waals surface area contributed by atoms with Crippen molar-refractivity contribution >= 4 is 35.8 Å². The van der Waals surface area contributed by atoms with E-state index in [9.17, 15) is 4.79 Å². The summed E-state index contributed by atoms with van der Waals surface area (Å²) >= 11 is 0. The predicted octanol–water partition coefficient (Wildman–Crippen LogP) is 1.97. The minimum Gasteiger partial charge on any atom is -0.373 e. The Labute approximate surface area is 191 Å². The van der Waals surface area contributed by atoms with Gasteiger partial charge in [0.05, 0.1) is 24.8 Å². The number of hydrogen-bond acceptors (Lipinski definition) is 4. The van der Waals surface area contributed by atoms with Crippen molar-refractivity contribution in [3.8, 4) is 0 Å². The van der Waals surface area contributed by atoms with Crippen LogP contribution in [0.4, 0.5) is 0 Å². The van der Waals surface area contributed by atoms with Crippen molar-refractivity contribution in [1.82, 2.24) is 20.9 Å². The zero-order valence-electron chi connectivity index (χ0n) is 17.6. The molecule has 2 aliphatic rings. The third-order valence-corrected chi connectivity index (χ3v) is 5.23. The average molecular weight is 515 g/mol. The molecule has 3 atom stereocenters. The lowest BCUT2D eigenvalue weighted by Crippen LogP contribution is -2.47. The van der Waals surface area contributed by atoms with Crippen LogP contribution in [-0.2, 0) is 11.3 Å². The van der Waals surface area contributed by atoms with Crippen LogP contribution < -0.4 is 16.0 Å². The van der Waals surface area contributed by atoms with Crippen LogP contribution in [0.25, 0.3) is 0 Å². The highest BCUT2D eigenvalue weighted by atomic mass is 127. The Hall–Kier alpha value is -1.39. The summed E-state index contributed by atoms with van der Waals surface area (Å²) in [5.41, 5.74) is 1.69. The largest absolute Gasteiger partial charge is 0.373 e. The maximum absolute atomic E-state index is 12.3. The molecule has 0 radical (unpaired) electrons. The first-order valence-corrected chi connectivity index (χ1v) is 10.3. The van der Waals surface area contributed by atoms with Crippen LogP contribution in [-0.4, -0.2) is 68.7 Å².